The lowest BCUT2D eigenvalue weighted by Crippen LogP contribution is -2.43. The van der Waals surface area contributed by atoms with Crippen LogP contribution in [0.2, 0.25) is 0 Å². The van der Waals surface area contributed by atoms with Gasteiger partial charge in [-0.3, -0.25) is 0 Å². The summed E-state index contributed by atoms with van der Waals surface area (Å²) in [6.07, 6.45) is 3.94. The molecule has 0 bridgehead atoms. The largest absolute Gasteiger partial charge is 0.395 e. The van der Waals surface area contributed by atoms with Crippen LogP contribution in [0.4, 0.5) is 5.82 Å². The number of aliphatic hydroxyl groups excluding tert-OH is 1. The Hall–Kier alpha value is -1.07. The summed E-state index contributed by atoms with van der Waals surface area (Å²) in [5, 5.41) is 11.4. The van der Waals surface area contributed by atoms with Crippen LogP contribution in [-0.4, -0.2) is 40.5 Å². The monoisotopic (exact) mass is 281 g/mol. The third-order valence-electron chi connectivity index (χ3n) is 3.23. The average Bonchev–Trinajstić information content (AvgIpc) is 2.42. The van der Waals surface area contributed by atoms with E-state index in [1.807, 2.05) is 6.26 Å². The van der Waals surface area contributed by atoms with Crippen molar-refractivity contribution in [3.05, 3.63) is 10.6 Å². The Morgan fingerprint density at radius 2 is 1.89 bits per heavy atom. The third-order valence-corrected chi connectivity index (χ3v) is 3.78. The molecule has 106 valence electrons. The number of nitrogens with zero attached hydrogens (tertiary/aromatic N) is 3. The molecule has 0 amide bonds. The van der Waals surface area contributed by atoms with Crippen molar-refractivity contribution in [1.82, 2.24) is 9.97 Å². The minimum Gasteiger partial charge on any atom is -0.395 e. The first-order valence-corrected chi connectivity index (χ1v) is 7.78. The average molecular weight is 281 g/mol. The van der Waals surface area contributed by atoms with E-state index >= 15 is 0 Å². The van der Waals surface area contributed by atoms with Crippen LogP contribution in [-0.2, 0) is 0 Å². The van der Waals surface area contributed by atoms with Crippen LogP contribution < -0.4 is 15.5 Å². The molecule has 0 unspecified atom stereocenters. The zero-order valence-electron chi connectivity index (χ0n) is 12.0. The number of rotatable bonds is 7. The van der Waals surface area contributed by atoms with Crippen LogP contribution >= 0.6 is 11.8 Å². The molecule has 5 heteroatoms. The van der Waals surface area contributed by atoms with Gasteiger partial charge in [-0.1, -0.05) is 38.8 Å². The van der Waals surface area contributed by atoms with E-state index in [1.165, 1.54) is 11.8 Å². The van der Waals surface area contributed by atoms with Gasteiger partial charge in [0.05, 0.1) is 12.0 Å². The molecule has 0 saturated carbocycles. The van der Waals surface area contributed by atoms with Gasteiger partial charge in [0.15, 0.2) is 5.16 Å². The molecule has 1 aromatic heterocycles. The summed E-state index contributed by atoms with van der Waals surface area (Å²) >= 11 is 1.49. The molecule has 4 nitrogen and oxygen atoms in total. The standard InChI is InChI=1S/C14H23N3OS/c1-6-12(7-2)17(8-9-18)13-10(3)11(4)15-14(16-13)19-5/h12,18H,3-4,6-9H2,1-2,5H3. The van der Waals surface area contributed by atoms with E-state index in [4.69, 9.17) is 0 Å². The van der Waals surface area contributed by atoms with E-state index in [0.29, 0.717) is 23.1 Å². The molecular formula is C14H23N3OS. The number of anilines is 1. The maximum Gasteiger partial charge on any atom is 0.189 e. The third kappa shape index (κ3) is 3.70. The molecule has 0 atom stereocenters. The second-order valence-electron chi connectivity index (χ2n) is 4.35. The van der Waals surface area contributed by atoms with Crippen molar-refractivity contribution in [3.8, 4) is 0 Å². The highest BCUT2D eigenvalue weighted by Gasteiger charge is 2.18. The molecule has 19 heavy (non-hydrogen) atoms. The van der Waals surface area contributed by atoms with E-state index in [0.717, 1.165) is 23.9 Å². The van der Waals surface area contributed by atoms with Gasteiger partial charge in [-0.15, -0.1) is 0 Å². The molecule has 1 aromatic rings. The summed E-state index contributed by atoms with van der Waals surface area (Å²) in [4.78, 5) is 11.0. The van der Waals surface area contributed by atoms with Gasteiger partial charge in [-0.05, 0) is 19.1 Å². The minimum atomic E-state index is 0.0982. The Kier molecular flexibility index (Phi) is 6.31. The van der Waals surface area contributed by atoms with Gasteiger partial charge in [0.1, 0.15) is 5.82 Å². The second-order valence-corrected chi connectivity index (χ2v) is 5.12. The van der Waals surface area contributed by atoms with Gasteiger partial charge >= 0.3 is 0 Å². The highest BCUT2D eigenvalue weighted by Crippen LogP contribution is 2.16. The van der Waals surface area contributed by atoms with Crippen molar-refractivity contribution in [2.24, 2.45) is 0 Å². The van der Waals surface area contributed by atoms with E-state index in [9.17, 15) is 5.11 Å². The van der Waals surface area contributed by atoms with Crippen LogP contribution in [0.5, 0.6) is 0 Å². The van der Waals surface area contributed by atoms with Crippen LogP contribution in [0.3, 0.4) is 0 Å². The zero-order chi connectivity index (χ0) is 14.4. The normalized spacial score (nSPS) is 11.0. The van der Waals surface area contributed by atoms with Crippen molar-refractivity contribution in [2.45, 2.75) is 37.9 Å². The molecule has 1 rings (SSSR count). The first-order valence-electron chi connectivity index (χ1n) is 6.56. The second kappa shape index (κ2) is 7.50. The number of aromatic nitrogens is 2. The lowest BCUT2D eigenvalue weighted by Gasteiger charge is -2.31. The van der Waals surface area contributed by atoms with Crippen LogP contribution in [0, 0.1) is 0 Å². The molecule has 0 saturated heterocycles. The zero-order valence-corrected chi connectivity index (χ0v) is 12.8. The van der Waals surface area contributed by atoms with Gasteiger partial charge < -0.3 is 10.0 Å². The fourth-order valence-electron chi connectivity index (χ4n) is 2.12. The number of hydrogen-bond donors (Lipinski definition) is 1. The number of hydrogen-bond acceptors (Lipinski definition) is 5. The summed E-state index contributed by atoms with van der Waals surface area (Å²) in [6.45, 7) is 12.9. The SMILES string of the molecule is C=c1nc(SC)nc(N(CCO)C(CC)CC)c1=C. The summed E-state index contributed by atoms with van der Waals surface area (Å²) in [6, 6.07) is 0.344. The smallest absolute Gasteiger partial charge is 0.189 e. The van der Waals surface area contributed by atoms with Crippen LogP contribution in [0.25, 0.3) is 13.2 Å². The molecule has 0 radical (unpaired) electrons. The van der Waals surface area contributed by atoms with Crippen molar-refractivity contribution >= 4 is 30.7 Å². The molecule has 0 aliphatic carbocycles. The molecule has 0 aromatic carbocycles. The fourth-order valence-corrected chi connectivity index (χ4v) is 2.50. The van der Waals surface area contributed by atoms with Crippen LogP contribution in [0.15, 0.2) is 5.16 Å². The van der Waals surface area contributed by atoms with E-state index in [1.54, 1.807) is 0 Å². The van der Waals surface area contributed by atoms with Gasteiger partial charge in [0, 0.05) is 17.8 Å². The molecule has 0 aliphatic rings. The molecular weight excluding hydrogens is 258 g/mol. The summed E-state index contributed by atoms with van der Waals surface area (Å²) in [7, 11) is 0. The Morgan fingerprint density at radius 3 is 2.37 bits per heavy atom. The molecule has 0 fully saturated rings. The maximum absolute atomic E-state index is 9.30. The van der Waals surface area contributed by atoms with Crippen molar-refractivity contribution in [2.75, 3.05) is 24.3 Å². The predicted octanol–water partition coefficient (Wildman–Crippen LogP) is 1.01. The molecule has 1 N–H and O–H groups in total. The Labute approximate surface area is 119 Å². The lowest BCUT2D eigenvalue weighted by molar-refractivity contribution is 0.295. The molecule has 0 spiro atoms. The predicted molar refractivity (Wildman–Crippen MR) is 82.9 cm³/mol. The van der Waals surface area contributed by atoms with Gasteiger partial charge in [0.2, 0.25) is 0 Å². The maximum atomic E-state index is 9.30. The van der Waals surface area contributed by atoms with E-state index in [2.05, 4.69) is 41.9 Å². The molecule has 1 heterocycles. The summed E-state index contributed by atoms with van der Waals surface area (Å²) in [5.74, 6) is 0.798. The quantitative estimate of drug-likeness (QED) is 0.597. The van der Waals surface area contributed by atoms with Gasteiger partial charge in [0.25, 0.3) is 0 Å². The topological polar surface area (TPSA) is 49.2 Å². The highest BCUT2D eigenvalue weighted by molar-refractivity contribution is 7.98. The fraction of sp³-hybridized carbons (Fsp3) is 0.571. The van der Waals surface area contributed by atoms with Gasteiger partial charge in [-0.2, -0.15) is 0 Å². The minimum absolute atomic E-state index is 0.0982. The number of aliphatic hydroxyl groups is 1. The summed E-state index contributed by atoms with van der Waals surface area (Å²) < 4.78 is 0. The van der Waals surface area contributed by atoms with Gasteiger partial charge in [-0.25, -0.2) is 9.97 Å². The van der Waals surface area contributed by atoms with Crippen molar-refractivity contribution in [3.63, 3.8) is 0 Å². The summed E-state index contributed by atoms with van der Waals surface area (Å²) in [5.41, 5.74) is 0. The highest BCUT2D eigenvalue weighted by atomic mass is 32.2. The Balaban J connectivity index is 3.32. The van der Waals surface area contributed by atoms with E-state index < -0.39 is 0 Å². The van der Waals surface area contributed by atoms with Crippen LogP contribution in [0.1, 0.15) is 26.7 Å². The number of thioether (sulfide) groups is 1. The first kappa shape index (κ1) is 16.0. The van der Waals surface area contributed by atoms with Crippen molar-refractivity contribution in [1.29, 1.82) is 0 Å². The first-order chi connectivity index (χ1) is 9.08. The van der Waals surface area contributed by atoms with Crippen molar-refractivity contribution < 1.29 is 5.11 Å². The lowest BCUT2D eigenvalue weighted by atomic mass is 10.1. The Bertz CT molecular complexity index is 502. The Morgan fingerprint density at radius 1 is 1.26 bits per heavy atom. The van der Waals surface area contributed by atoms with E-state index in [-0.39, 0.29) is 6.61 Å². The molecule has 0 aliphatic heterocycles.